The molecule has 0 aliphatic carbocycles. The minimum atomic E-state index is -0.133. The van der Waals surface area contributed by atoms with Gasteiger partial charge in [-0.3, -0.25) is 9.78 Å². The van der Waals surface area contributed by atoms with Gasteiger partial charge in [0.15, 0.2) is 5.78 Å². The predicted octanol–water partition coefficient (Wildman–Crippen LogP) is 2.81. The lowest BCUT2D eigenvalue weighted by atomic mass is 10.0. The molecule has 0 atom stereocenters. The van der Waals surface area contributed by atoms with E-state index in [4.69, 9.17) is 5.73 Å². The number of aromatic nitrogens is 2. The zero-order chi connectivity index (χ0) is 13.4. The normalized spacial score (nSPS) is 10.8. The van der Waals surface area contributed by atoms with Crippen molar-refractivity contribution < 1.29 is 4.79 Å². The summed E-state index contributed by atoms with van der Waals surface area (Å²) in [5.41, 5.74) is 8.52. The fourth-order valence-corrected chi connectivity index (χ4v) is 2.77. The van der Waals surface area contributed by atoms with Gasteiger partial charge in [0, 0.05) is 18.0 Å². The molecule has 0 aliphatic heterocycles. The first kappa shape index (κ1) is 11.8. The van der Waals surface area contributed by atoms with Gasteiger partial charge < -0.3 is 5.73 Å². The van der Waals surface area contributed by atoms with Crippen molar-refractivity contribution in [3.63, 3.8) is 0 Å². The number of anilines is 1. The number of pyridine rings is 2. The summed E-state index contributed by atoms with van der Waals surface area (Å²) in [5, 5.41) is 1.95. The summed E-state index contributed by atoms with van der Waals surface area (Å²) in [4.78, 5) is 20.8. The summed E-state index contributed by atoms with van der Waals surface area (Å²) < 4.78 is 0.992. The Morgan fingerprint density at radius 2 is 2.16 bits per heavy atom. The highest BCUT2D eigenvalue weighted by atomic mass is 32.1. The number of nitrogens with zero attached hydrogens (tertiary/aromatic N) is 2. The number of carbonyl (C=O) groups excluding carboxylic acids is 1. The number of nitrogen functional groups attached to an aromatic ring is 1. The zero-order valence-corrected chi connectivity index (χ0v) is 11.1. The summed E-state index contributed by atoms with van der Waals surface area (Å²) >= 11 is 1.56. The van der Waals surface area contributed by atoms with E-state index < -0.39 is 0 Å². The molecular weight excluding hydrogens is 258 g/mol. The molecule has 0 spiro atoms. The molecule has 3 rings (SSSR count). The molecule has 0 saturated heterocycles. The number of hydrogen-bond donors (Lipinski definition) is 1. The summed E-state index contributed by atoms with van der Waals surface area (Å²) in [5.74, 6) is 0.127. The maximum atomic E-state index is 12.5. The van der Waals surface area contributed by atoms with E-state index >= 15 is 0 Å². The van der Waals surface area contributed by atoms with E-state index in [0.717, 1.165) is 15.8 Å². The van der Waals surface area contributed by atoms with Crippen LogP contribution in [0.4, 0.5) is 5.82 Å². The van der Waals surface area contributed by atoms with Crippen LogP contribution in [-0.4, -0.2) is 15.8 Å². The van der Waals surface area contributed by atoms with Gasteiger partial charge in [-0.25, -0.2) is 4.98 Å². The van der Waals surface area contributed by atoms with Gasteiger partial charge in [-0.05, 0) is 36.1 Å². The van der Waals surface area contributed by atoms with Crippen molar-refractivity contribution >= 4 is 33.2 Å². The minimum absolute atomic E-state index is 0.133. The number of ketones is 1. The highest BCUT2D eigenvalue weighted by molar-refractivity contribution is 7.17. The summed E-state index contributed by atoms with van der Waals surface area (Å²) in [6, 6.07) is 5.56. The van der Waals surface area contributed by atoms with Gasteiger partial charge in [0.2, 0.25) is 0 Å². The highest BCUT2D eigenvalue weighted by Gasteiger charge is 2.16. The van der Waals surface area contributed by atoms with E-state index in [9.17, 15) is 4.79 Å². The van der Waals surface area contributed by atoms with Crippen LogP contribution in [0.1, 0.15) is 21.5 Å². The molecule has 3 aromatic rings. The van der Waals surface area contributed by atoms with Gasteiger partial charge in [-0.2, -0.15) is 0 Å². The number of nitrogens with two attached hydrogens (primary N) is 1. The molecule has 0 amide bonds. The van der Waals surface area contributed by atoms with E-state index in [1.54, 1.807) is 29.8 Å². The Morgan fingerprint density at radius 1 is 1.32 bits per heavy atom. The molecule has 0 unspecified atom stereocenters. The molecule has 3 heterocycles. The van der Waals surface area contributed by atoms with Gasteiger partial charge in [0.05, 0.1) is 15.8 Å². The zero-order valence-electron chi connectivity index (χ0n) is 10.3. The van der Waals surface area contributed by atoms with Crippen molar-refractivity contribution in [3.05, 3.63) is 52.7 Å². The lowest BCUT2D eigenvalue weighted by molar-refractivity contribution is 0.103. The van der Waals surface area contributed by atoms with Crippen LogP contribution in [0.3, 0.4) is 0 Å². The number of rotatable bonds is 2. The SMILES string of the molecule is Cc1ccnc(N)c1C(=O)c1cnc2ccsc2c1. The van der Waals surface area contributed by atoms with Crippen molar-refractivity contribution in [1.29, 1.82) is 0 Å². The molecule has 0 aromatic carbocycles. The Hall–Kier alpha value is -2.27. The molecule has 19 heavy (non-hydrogen) atoms. The summed E-state index contributed by atoms with van der Waals surface area (Å²) in [6.07, 6.45) is 3.19. The van der Waals surface area contributed by atoms with Crippen LogP contribution in [0.25, 0.3) is 10.2 Å². The third kappa shape index (κ3) is 1.98. The number of fused-ring (bicyclic) bond motifs is 1. The van der Waals surface area contributed by atoms with E-state index in [1.807, 2.05) is 24.4 Å². The first-order valence-corrected chi connectivity index (χ1v) is 6.64. The quantitative estimate of drug-likeness (QED) is 0.726. The first-order valence-electron chi connectivity index (χ1n) is 5.76. The molecular formula is C14H11N3OS. The molecule has 4 nitrogen and oxygen atoms in total. The van der Waals surface area contributed by atoms with Crippen LogP contribution in [-0.2, 0) is 0 Å². The number of hydrogen-bond acceptors (Lipinski definition) is 5. The van der Waals surface area contributed by atoms with Crippen LogP contribution in [0.5, 0.6) is 0 Å². The van der Waals surface area contributed by atoms with E-state index in [-0.39, 0.29) is 11.6 Å². The molecule has 3 aromatic heterocycles. The average molecular weight is 269 g/mol. The Morgan fingerprint density at radius 3 is 2.95 bits per heavy atom. The van der Waals surface area contributed by atoms with Crippen LogP contribution < -0.4 is 5.73 Å². The molecule has 5 heteroatoms. The lowest BCUT2D eigenvalue weighted by Crippen LogP contribution is -2.09. The number of aryl methyl sites for hydroxylation is 1. The second-order valence-corrected chi connectivity index (χ2v) is 5.19. The van der Waals surface area contributed by atoms with Crippen LogP contribution in [0.2, 0.25) is 0 Å². The second-order valence-electron chi connectivity index (χ2n) is 4.25. The lowest BCUT2D eigenvalue weighted by Gasteiger charge is -2.07. The third-order valence-corrected chi connectivity index (χ3v) is 3.83. The highest BCUT2D eigenvalue weighted by Crippen LogP contribution is 2.23. The Balaban J connectivity index is 2.13. The predicted molar refractivity (Wildman–Crippen MR) is 76.4 cm³/mol. The van der Waals surface area contributed by atoms with Crippen molar-refractivity contribution in [2.45, 2.75) is 6.92 Å². The largest absolute Gasteiger partial charge is 0.383 e. The summed E-state index contributed by atoms with van der Waals surface area (Å²) in [7, 11) is 0. The first-order chi connectivity index (χ1) is 9.16. The van der Waals surface area contributed by atoms with Gasteiger partial charge in [-0.1, -0.05) is 0 Å². The Labute approximate surface area is 113 Å². The molecule has 0 bridgehead atoms. The second kappa shape index (κ2) is 4.44. The van der Waals surface area contributed by atoms with E-state index in [2.05, 4.69) is 9.97 Å². The average Bonchev–Trinajstić information content (AvgIpc) is 2.85. The van der Waals surface area contributed by atoms with Crippen LogP contribution in [0.15, 0.2) is 36.0 Å². The van der Waals surface area contributed by atoms with Gasteiger partial charge in [0.25, 0.3) is 0 Å². The Bertz CT molecular complexity index is 759. The minimum Gasteiger partial charge on any atom is -0.383 e. The van der Waals surface area contributed by atoms with Crippen molar-refractivity contribution in [1.82, 2.24) is 9.97 Å². The third-order valence-electron chi connectivity index (χ3n) is 2.98. The van der Waals surface area contributed by atoms with Crippen molar-refractivity contribution in [2.75, 3.05) is 5.73 Å². The fourth-order valence-electron chi connectivity index (χ4n) is 1.99. The standard InChI is InChI=1S/C14H11N3OS/c1-8-2-4-16-14(15)12(8)13(18)9-6-11-10(17-7-9)3-5-19-11/h2-7H,1H3,(H2,15,16). The van der Waals surface area contributed by atoms with Crippen LogP contribution in [0, 0.1) is 6.92 Å². The fraction of sp³-hybridized carbons (Fsp3) is 0.0714. The number of thiophene rings is 1. The van der Waals surface area contributed by atoms with Crippen LogP contribution >= 0.6 is 11.3 Å². The van der Waals surface area contributed by atoms with Crippen molar-refractivity contribution in [2.24, 2.45) is 0 Å². The molecule has 0 fully saturated rings. The van der Waals surface area contributed by atoms with Gasteiger partial charge in [0.1, 0.15) is 5.82 Å². The topological polar surface area (TPSA) is 68.9 Å². The smallest absolute Gasteiger partial charge is 0.198 e. The maximum Gasteiger partial charge on any atom is 0.198 e. The Kier molecular flexibility index (Phi) is 2.76. The molecule has 0 aliphatic rings. The molecule has 0 saturated carbocycles. The maximum absolute atomic E-state index is 12.5. The van der Waals surface area contributed by atoms with Crippen molar-refractivity contribution in [3.8, 4) is 0 Å². The monoisotopic (exact) mass is 269 g/mol. The number of carbonyl (C=O) groups is 1. The van der Waals surface area contributed by atoms with Gasteiger partial charge in [-0.15, -0.1) is 11.3 Å². The summed E-state index contributed by atoms with van der Waals surface area (Å²) in [6.45, 7) is 1.85. The van der Waals surface area contributed by atoms with E-state index in [0.29, 0.717) is 11.1 Å². The molecule has 2 N–H and O–H groups in total. The molecule has 94 valence electrons. The van der Waals surface area contributed by atoms with Gasteiger partial charge >= 0.3 is 0 Å². The van der Waals surface area contributed by atoms with E-state index in [1.165, 1.54) is 0 Å². The molecule has 0 radical (unpaired) electrons.